The van der Waals surface area contributed by atoms with E-state index in [4.69, 9.17) is 16.7 Å². The lowest BCUT2D eigenvalue weighted by Crippen LogP contribution is -2.53. The van der Waals surface area contributed by atoms with Crippen LogP contribution in [-0.4, -0.2) is 37.2 Å². The normalized spacial score (nSPS) is 20.1. The summed E-state index contributed by atoms with van der Waals surface area (Å²) in [7, 11) is 0. The molecule has 0 spiro atoms. The molecule has 0 saturated carbocycles. The van der Waals surface area contributed by atoms with Crippen molar-refractivity contribution in [3.05, 3.63) is 64.6 Å². The summed E-state index contributed by atoms with van der Waals surface area (Å²) >= 11 is 6.11. The van der Waals surface area contributed by atoms with Gasteiger partial charge < -0.3 is 5.11 Å². The molecule has 3 heterocycles. The summed E-state index contributed by atoms with van der Waals surface area (Å²) < 4.78 is 1.74. The summed E-state index contributed by atoms with van der Waals surface area (Å²) in [5.74, 6) is 0. The maximum Gasteiger partial charge on any atom is 0.408 e. The van der Waals surface area contributed by atoms with Crippen molar-refractivity contribution in [3.63, 3.8) is 0 Å². The van der Waals surface area contributed by atoms with E-state index in [0.717, 1.165) is 36.2 Å². The second-order valence-corrected chi connectivity index (χ2v) is 7.49. The maximum absolute atomic E-state index is 12.1. The zero-order valence-electron chi connectivity index (χ0n) is 15.1. The molecule has 1 saturated heterocycles. The van der Waals surface area contributed by atoms with Crippen LogP contribution in [0.5, 0.6) is 0 Å². The number of halogens is 1. The van der Waals surface area contributed by atoms with E-state index in [9.17, 15) is 9.90 Å². The van der Waals surface area contributed by atoms with Gasteiger partial charge in [-0.3, -0.25) is 4.90 Å². The Kier molecular flexibility index (Phi) is 4.52. The molecule has 1 N–H and O–H groups in total. The molecule has 0 bridgehead atoms. The largest absolute Gasteiger partial charge is 0.465 e. The monoisotopic (exact) mass is 384 g/mol. The summed E-state index contributed by atoms with van der Waals surface area (Å²) in [6.45, 7) is 2.42. The molecule has 1 aliphatic rings. The van der Waals surface area contributed by atoms with E-state index >= 15 is 0 Å². The molecule has 1 atom stereocenters. The number of aromatic nitrogens is 3. The third kappa shape index (κ3) is 3.14. The molecule has 1 amide bonds. The lowest BCUT2D eigenvalue weighted by Gasteiger charge is -2.45. The number of likely N-dealkylation sites (tertiary alicyclic amines) is 1. The summed E-state index contributed by atoms with van der Waals surface area (Å²) in [6.07, 6.45) is 2.21. The SMILES string of the molecule is Cc1cc(Cl)nc2cc([C@@]3(Cc4ccccc4)CCCCN3C(=O)O)nn12. The van der Waals surface area contributed by atoms with Gasteiger partial charge in [0.05, 0.1) is 11.2 Å². The number of aryl methyl sites for hydroxylation is 1. The first kappa shape index (κ1) is 17.8. The highest BCUT2D eigenvalue weighted by atomic mass is 35.5. The van der Waals surface area contributed by atoms with Gasteiger partial charge in [0.15, 0.2) is 5.65 Å². The first-order chi connectivity index (χ1) is 13.0. The van der Waals surface area contributed by atoms with Crippen LogP contribution in [0.1, 0.15) is 36.2 Å². The van der Waals surface area contributed by atoms with Crippen LogP contribution in [-0.2, 0) is 12.0 Å². The molecule has 2 aromatic heterocycles. The van der Waals surface area contributed by atoms with Gasteiger partial charge in [0, 0.05) is 24.7 Å². The minimum atomic E-state index is -0.912. The molecule has 7 heteroatoms. The van der Waals surface area contributed by atoms with Gasteiger partial charge in [-0.25, -0.2) is 14.3 Å². The van der Waals surface area contributed by atoms with E-state index < -0.39 is 11.6 Å². The number of rotatable bonds is 3. The van der Waals surface area contributed by atoms with Crippen molar-refractivity contribution in [2.24, 2.45) is 0 Å². The van der Waals surface area contributed by atoms with Crippen molar-refractivity contribution in [3.8, 4) is 0 Å². The second-order valence-electron chi connectivity index (χ2n) is 7.11. The number of benzene rings is 1. The predicted octanol–water partition coefficient (Wildman–Crippen LogP) is 4.29. The van der Waals surface area contributed by atoms with Crippen LogP contribution in [0.15, 0.2) is 42.5 Å². The Hall–Kier alpha value is -2.60. The molecule has 4 rings (SSSR count). The molecule has 0 unspecified atom stereocenters. The smallest absolute Gasteiger partial charge is 0.408 e. The van der Waals surface area contributed by atoms with Crippen LogP contribution < -0.4 is 0 Å². The van der Waals surface area contributed by atoms with Gasteiger partial charge in [-0.15, -0.1) is 0 Å². The molecule has 140 valence electrons. The number of carboxylic acid groups (broad SMARTS) is 1. The van der Waals surface area contributed by atoms with Crippen molar-refractivity contribution in [2.45, 2.75) is 38.1 Å². The highest BCUT2D eigenvalue weighted by molar-refractivity contribution is 6.29. The first-order valence-corrected chi connectivity index (χ1v) is 9.45. The van der Waals surface area contributed by atoms with Crippen LogP contribution in [0.25, 0.3) is 5.65 Å². The fraction of sp³-hybridized carbons (Fsp3) is 0.350. The third-order valence-electron chi connectivity index (χ3n) is 5.36. The molecular weight excluding hydrogens is 364 g/mol. The minimum absolute atomic E-state index is 0.405. The summed E-state index contributed by atoms with van der Waals surface area (Å²) in [6, 6.07) is 13.6. The van der Waals surface area contributed by atoms with Crippen LogP contribution in [0.4, 0.5) is 4.79 Å². The number of nitrogens with zero attached hydrogens (tertiary/aromatic N) is 4. The number of carbonyl (C=O) groups is 1. The van der Waals surface area contributed by atoms with E-state index in [1.807, 2.05) is 43.3 Å². The van der Waals surface area contributed by atoms with E-state index in [0.29, 0.717) is 23.8 Å². The summed E-state index contributed by atoms with van der Waals surface area (Å²) in [4.78, 5) is 18.0. The van der Waals surface area contributed by atoms with Crippen molar-refractivity contribution >= 4 is 23.3 Å². The topological polar surface area (TPSA) is 70.7 Å². The lowest BCUT2D eigenvalue weighted by atomic mass is 9.79. The van der Waals surface area contributed by atoms with Gasteiger partial charge in [0.25, 0.3) is 0 Å². The zero-order valence-corrected chi connectivity index (χ0v) is 15.9. The Morgan fingerprint density at radius 1 is 1.26 bits per heavy atom. The fourth-order valence-electron chi connectivity index (χ4n) is 4.10. The molecule has 27 heavy (non-hydrogen) atoms. The number of amides is 1. The molecule has 1 aromatic carbocycles. The zero-order chi connectivity index (χ0) is 19.0. The number of fused-ring (bicyclic) bond motifs is 1. The first-order valence-electron chi connectivity index (χ1n) is 9.07. The molecule has 1 aliphatic heterocycles. The third-order valence-corrected chi connectivity index (χ3v) is 5.55. The Morgan fingerprint density at radius 2 is 2.04 bits per heavy atom. The van der Waals surface area contributed by atoms with Gasteiger partial charge in [-0.2, -0.15) is 5.10 Å². The van der Waals surface area contributed by atoms with Gasteiger partial charge in [-0.1, -0.05) is 41.9 Å². The minimum Gasteiger partial charge on any atom is -0.465 e. The number of hydrogen-bond donors (Lipinski definition) is 1. The van der Waals surface area contributed by atoms with E-state index in [2.05, 4.69) is 4.98 Å². The average Bonchev–Trinajstić information content (AvgIpc) is 3.08. The molecular formula is C20H21ClN4O2. The van der Waals surface area contributed by atoms with E-state index in [1.54, 1.807) is 15.5 Å². The molecule has 1 fully saturated rings. The Balaban J connectivity index is 1.89. The highest BCUT2D eigenvalue weighted by Crippen LogP contribution is 2.40. The van der Waals surface area contributed by atoms with Crippen molar-refractivity contribution in [1.82, 2.24) is 19.5 Å². The van der Waals surface area contributed by atoms with Gasteiger partial charge in [0.2, 0.25) is 0 Å². The summed E-state index contributed by atoms with van der Waals surface area (Å²) in [5.41, 5.74) is 2.61. The Labute approximate surface area is 162 Å². The van der Waals surface area contributed by atoms with Crippen molar-refractivity contribution in [2.75, 3.05) is 6.54 Å². The van der Waals surface area contributed by atoms with Crippen molar-refractivity contribution < 1.29 is 9.90 Å². The standard InChI is InChI=1S/C20H21ClN4O2/c1-14-11-17(21)22-18-12-16(23-25(14)18)20(13-15-7-3-2-4-8-15)9-5-6-10-24(20)19(26)27/h2-4,7-8,11-12H,5-6,9-10,13H2,1H3,(H,26,27)/t20-/m0/s1. The van der Waals surface area contributed by atoms with Crippen LogP contribution in [0.2, 0.25) is 5.15 Å². The maximum atomic E-state index is 12.1. The van der Waals surface area contributed by atoms with E-state index in [-0.39, 0.29) is 0 Å². The summed E-state index contributed by atoms with van der Waals surface area (Å²) in [5, 5.41) is 15.1. The average molecular weight is 385 g/mol. The fourth-order valence-corrected chi connectivity index (χ4v) is 4.35. The van der Waals surface area contributed by atoms with Gasteiger partial charge in [-0.05, 0) is 37.8 Å². The predicted molar refractivity (Wildman–Crippen MR) is 103 cm³/mol. The van der Waals surface area contributed by atoms with Crippen LogP contribution in [0, 0.1) is 6.92 Å². The number of hydrogen-bond acceptors (Lipinski definition) is 3. The van der Waals surface area contributed by atoms with Crippen molar-refractivity contribution in [1.29, 1.82) is 0 Å². The number of piperidine rings is 1. The molecule has 3 aromatic rings. The Bertz CT molecular complexity index is 988. The van der Waals surface area contributed by atoms with Gasteiger partial charge >= 0.3 is 6.09 Å². The van der Waals surface area contributed by atoms with E-state index in [1.165, 1.54) is 0 Å². The van der Waals surface area contributed by atoms with Crippen LogP contribution >= 0.6 is 11.6 Å². The van der Waals surface area contributed by atoms with Gasteiger partial charge in [0.1, 0.15) is 5.15 Å². The molecule has 6 nitrogen and oxygen atoms in total. The Morgan fingerprint density at radius 3 is 2.78 bits per heavy atom. The van der Waals surface area contributed by atoms with Crippen LogP contribution in [0.3, 0.4) is 0 Å². The molecule has 0 aliphatic carbocycles. The highest BCUT2D eigenvalue weighted by Gasteiger charge is 2.45. The molecule has 0 radical (unpaired) electrons. The quantitative estimate of drug-likeness (QED) is 0.683. The lowest BCUT2D eigenvalue weighted by molar-refractivity contribution is 0.0415. The second kappa shape index (κ2) is 6.85.